The normalized spacial score (nSPS) is 20.8. The van der Waals surface area contributed by atoms with E-state index >= 15 is 0 Å². The van der Waals surface area contributed by atoms with Crippen molar-refractivity contribution in [2.24, 2.45) is 0 Å². The number of amides is 1. The molecule has 0 aromatic heterocycles. The average molecular weight is 331 g/mol. The van der Waals surface area contributed by atoms with Crippen molar-refractivity contribution in [1.82, 2.24) is 10.6 Å². The summed E-state index contributed by atoms with van der Waals surface area (Å²) in [5.74, 6) is 0.239. The molecule has 6 heteroatoms. The number of hydrogen-bond acceptors (Lipinski definition) is 3. The lowest BCUT2D eigenvalue weighted by molar-refractivity contribution is -0.122. The predicted molar refractivity (Wildman–Crippen MR) is 87.0 cm³/mol. The van der Waals surface area contributed by atoms with E-state index in [2.05, 4.69) is 17.6 Å². The fourth-order valence-electron chi connectivity index (χ4n) is 2.50. The Morgan fingerprint density at radius 1 is 1.50 bits per heavy atom. The third-order valence-electron chi connectivity index (χ3n) is 3.72. The number of halogens is 2. The van der Waals surface area contributed by atoms with Crippen LogP contribution in [0.1, 0.15) is 32.6 Å². The number of carbonyl (C=O) groups excluding carboxylic acids is 1. The summed E-state index contributed by atoms with van der Waals surface area (Å²) in [5.41, 5.74) is 0. The zero-order valence-electron chi connectivity index (χ0n) is 12.8. The van der Waals surface area contributed by atoms with E-state index in [9.17, 15) is 9.18 Å². The first-order valence-corrected chi connectivity index (χ1v) is 7.56. The summed E-state index contributed by atoms with van der Waals surface area (Å²) in [5, 5.41) is 6.42. The van der Waals surface area contributed by atoms with Gasteiger partial charge in [-0.05, 0) is 44.9 Å². The minimum Gasteiger partial charge on any atom is -0.493 e. The number of rotatable bonds is 6. The highest BCUT2D eigenvalue weighted by Gasteiger charge is 2.21. The lowest BCUT2D eigenvalue weighted by Crippen LogP contribution is -2.51. The van der Waals surface area contributed by atoms with Gasteiger partial charge in [0.25, 0.3) is 0 Å². The Morgan fingerprint density at radius 3 is 3.05 bits per heavy atom. The van der Waals surface area contributed by atoms with Crippen LogP contribution >= 0.6 is 12.4 Å². The summed E-state index contributed by atoms with van der Waals surface area (Å²) in [6.07, 6.45) is 3.17. The Balaban J connectivity index is 0.00000242. The molecule has 1 aliphatic heterocycles. The molecule has 1 aromatic rings. The molecular formula is C16H24ClFN2O2. The first kappa shape index (κ1) is 18.7. The molecule has 1 aliphatic rings. The zero-order chi connectivity index (χ0) is 15.1. The maximum atomic E-state index is 13.0. The van der Waals surface area contributed by atoms with Crippen LogP contribution in [0, 0.1) is 5.82 Å². The molecule has 1 amide bonds. The lowest BCUT2D eigenvalue weighted by Gasteiger charge is -2.30. The topological polar surface area (TPSA) is 50.4 Å². The number of benzene rings is 1. The molecule has 2 rings (SSSR count). The second-order valence-corrected chi connectivity index (χ2v) is 5.47. The monoisotopic (exact) mass is 330 g/mol. The van der Waals surface area contributed by atoms with Crippen LogP contribution in [-0.2, 0) is 4.79 Å². The molecule has 0 saturated carbocycles. The van der Waals surface area contributed by atoms with Gasteiger partial charge in [0.15, 0.2) is 0 Å². The highest BCUT2D eigenvalue weighted by atomic mass is 35.5. The van der Waals surface area contributed by atoms with E-state index in [1.54, 1.807) is 12.1 Å². The van der Waals surface area contributed by atoms with Gasteiger partial charge in [-0.2, -0.15) is 0 Å². The highest BCUT2D eigenvalue weighted by molar-refractivity contribution is 5.85. The first-order valence-electron chi connectivity index (χ1n) is 7.56. The van der Waals surface area contributed by atoms with Crippen LogP contribution in [0.3, 0.4) is 0 Å². The van der Waals surface area contributed by atoms with Gasteiger partial charge >= 0.3 is 0 Å². The largest absolute Gasteiger partial charge is 0.493 e. The minimum absolute atomic E-state index is 0. The van der Waals surface area contributed by atoms with Gasteiger partial charge in [-0.15, -0.1) is 12.4 Å². The van der Waals surface area contributed by atoms with Crippen LogP contribution in [-0.4, -0.2) is 31.1 Å². The van der Waals surface area contributed by atoms with E-state index < -0.39 is 0 Å². The van der Waals surface area contributed by atoms with Gasteiger partial charge < -0.3 is 15.4 Å². The Kier molecular flexibility index (Phi) is 8.20. The Hall–Kier alpha value is -1.33. The molecular weight excluding hydrogens is 307 g/mol. The Morgan fingerprint density at radius 2 is 2.32 bits per heavy atom. The summed E-state index contributed by atoms with van der Waals surface area (Å²) in [7, 11) is 0. The van der Waals surface area contributed by atoms with Gasteiger partial charge in [-0.3, -0.25) is 4.79 Å². The van der Waals surface area contributed by atoms with E-state index in [0.717, 1.165) is 19.4 Å². The Labute approximate surface area is 137 Å². The summed E-state index contributed by atoms with van der Waals surface area (Å²) in [6.45, 7) is 3.53. The van der Waals surface area contributed by atoms with E-state index in [1.165, 1.54) is 12.1 Å². The standard InChI is InChI=1S/C16H23FN2O2.ClH/c1-12-15(7-3-9-18-12)19-16(20)8-4-10-21-14-6-2-5-13(17)11-14;/h2,5-6,11-12,15,18H,3-4,7-10H2,1H3,(H,19,20);1H. The van der Waals surface area contributed by atoms with Gasteiger partial charge in [0.05, 0.1) is 6.61 Å². The maximum absolute atomic E-state index is 13.0. The number of ether oxygens (including phenoxy) is 1. The fourth-order valence-corrected chi connectivity index (χ4v) is 2.50. The molecule has 1 heterocycles. The molecule has 0 spiro atoms. The summed E-state index contributed by atoms with van der Waals surface area (Å²) in [6, 6.07) is 6.57. The molecule has 1 aromatic carbocycles. The van der Waals surface area contributed by atoms with E-state index in [0.29, 0.717) is 31.2 Å². The summed E-state index contributed by atoms with van der Waals surface area (Å²) >= 11 is 0. The van der Waals surface area contributed by atoms with Crippen molar-refractivity contribution >= 4 is 18.3 Å². The van der Waals surface area contributed by atoms with Crippen LogP contribution in [0.2, 0.25) is 0 Å². The molecule has 4 nitrogen and oxygen atoms in total. The van der Waals surface area contributed by atoms with E-state index in [1.807, 2.05) is 0 Å². The van der Waals surface area contributed by atoms with E-state index in [-0.39, 0.29) is 30.2 Å². The van der Waals surface area contributed by atoms with Gasteiger partial charge in [0.2, 0.25) is 5.91 Å². The van der Waals surface area contributed by atoms with Crippen molar-refractivity contribution in [3.8, 4) is 5.75 Å². The van der Waals surface area contributed by atoms with Crippen molar-refractivity contribution < 1.29 is 13.9 Å². The number of nitrogens with one attached hydrogen (secondary N) is 2. The summed E-state index contributed by atoms with van der Waals surface area (Å²) < 4.78 is 18.4. The Bertz CT molecular complexity index is 473. The van der Waals surface area contributed by atoms with Crippen molar-refractivity contribution in [2.45, 2.75) is 44.7 Å². The van der Waals surface area contributed by atoms with Gasteiger partial charge in [0.1, 0.15) is 11.6 Å². The van der Waals surface area contributed by atoms with Crippen molar-refractivity contribution in [1.29, 1.82) is 0 Å². The van der Waals surface area contributed by atoms with Crippen LogP contribution in [0.5, 0.6) is 5.75 Å². The van der Waals surface area contributed by atoms with Gasteiger partial charge in [0, 0.05) is 24.6 Å². The maximum Gasteiger partial charge on any atom is 0.220 e. The molecule has 124 valence electrons. The number of carbonyl (C=O) groups is 1. The molecule has 1 fully saturated rings. The number of hydrogen-bond donors (Lipinski definition) is 2. The number of piperidine rings is 1. The SMILES string of the molecule is CC1NCCCC1NC(=O)CCCOc1cccc(F)c1.Cl. The molecule has 1 saturated heterocycles. The first-order chi connectivity index (χ1) is 10.1. The lowest BCUT2D eigenvalue weighted by atomic mass is 10.00. The third-order valence-corrected chi connectivity index (χ3v) is 3.72. The second-order valence-electron chi connectivity index (χ2n) is 5.47. The molecule has 2 atom stereocenters. The molecule has 0 aliphatic carbocycles. The molecule has 2 unspecified atom stereocenters. The minimum atomic E-state index is -0.316. The smallest absolute Gasteiger partial charge is 0.220 e. The fraction of sp³-hybridized carbons (Fsp3) is 0.562. The van der Waals surface area contributed by atoms with Crippen LogP contribution in [0.25, 0.3) is 0 Å². The van der Waals surface area contributed by atoms with Crippen molar-refractivity contribution in [3.63, 3.8) is 0 Å². The van der Waals surface area contributed by atoms with E-state index in [4.69, 9.17) is 4.74 Å². The third kappa shape index (κ3) is 6.20. The molecule has 0 bridgehead atoms. The molecule has 2 N–H and O–H groups in total. The van der Waals surface area contributed by atoms with Crippen LogP contribution in [0.4, 0.5) is 4.39 Å². The molecule has 0 radical (unpaired) electrons. The van der Waals surface area contributed by atoms with Gasteiger partial charge in [-0.25, -0.2) is 4.39 Å². The van der Waals surface area contributed by atoms with Crippen LogP contribution in [0.15, 0.2) is 24.3 Å². The predicted octanol–water partition coefficient (Wildman–Crippen LogP) is 2.66. The molecule has 22 heavy (non-hydrogen) atoms. The zero-order valence-corrected chi connectivity index (χ0v) is 13.6. The summed E-state index contributed by atoms with van der Waals surface area (Å²) in [4.78, 5) is 11.9. The second kappa shape index (κ2) is 9.64. The van der Waals surface area contributed by atoms with Crippen LogP contribution < -0.4 is 15.4 Å². The average Bonchev–Trinajstić information content (AvgIpc) is 2.46. The quantitative estimate of drug-likeness (QED) is 0.788. The van der Waals surface area contributed by atoms with Crippen molar-refractivity contribution in [2.75, 3.05) is 13.2 Å². The highest BCUT2D eigenvalue weighted by Crippen LogP contribution is 2.12. The van der Waals surface area contributed by atoms with Crippen molar-refractivity contribution in [3.05, 3.63) is 30.1 Å². The van der Waals surface area contributed by atoms with Gasteiger partial charge in [-0.1, -0.05) is 6.07 Å².